The molecule has 0 radical (unpaired) electrons. The quantitative estimate of drug-likeness (QED) is 0.742. The predicted octanol–water partition coefficient (Wildman–Crippen LogP) is 2.44. The van der Waals surface area contributed by atoms with Crippen LogP contribution in [0.3, 0.4) is 0 Å². The van der Waals surface area contributed by atoms with Crippen molar-refractivity contribution in [3.8, 4) is 0 Å². The average molecular weight is 336 g/mol. The van der Waals surface area contributed by atoms with Gasteiger partial charge in [0.25, 0.3) is 0 Å². The van der Waals surface area contributed by atoms with Crippen molar-refractivity contribution in [1.29, 1.82) is 0 Å². The zero-order valence-corrected chi connectivity index (χ0v) is 15.9. The smallest absolute Gasteiger partial charge is 0.0736 e. The van der Waals surface area contributed by atoms with Gasteiger partial charge in [0, 0.05) is 56.8 Å². The Bertz CT molecular complexity index is 409. The molecule has 4 rings (SSSR count). The summed E-state index contributed by atoms with van der Waals surface area (Å²) in [5.74, 6) is 0. The fourth-order valence-electron chi connectivity index (χ4n) is 5.66. The van der Waals surface area contributed by atoms with Crippen LogP contribution in [0.2, 0.25) is 0 Å². The van der Waals surface area contributed by atoms with E-state index in [4.69, 9.17) is 4.74 Å². The van der Waals surface area contributed by atoms with Crippen LogP contribution in [0.4, 0.5) is 0 Å². The lowest BCUT2D eigenvalue weighted by Crippen LogP contribution is -2.71. The number of nitrogens with zero attached hydrogens (tertiary/aromatic N) is 3. The van der Waals surface area contributed by atoms with Gasteiger partial charge in [-0.1, -0.05) is 6.42 Å². The summed E-state index contributed by atoms with van der Waals surface area (Å²) in [5.41, 5.74) is 0.665. The van der Waals surface area contributed by atoms with Gasteiger partial charge in [-0.2, -0.15) is 0 Å². The lowest BCUT2D eigenvalue weighted by atomic mass is 9.56. The van der Waals surface area contributed by atoms with E-state index < -0.39 is 0 Å². The summed E-state index contributed by atoms with van der Waals surface area (Å²) < 4.78 is 6.09. The molecular weight excluding hydrogens is 298 g/mol. The molecule has 24 heavy (non-hydrogen) atoms. The number of hydrogen-bond donors (Lipinski definition) is 0. The molecule has 0 unspecified atom stereocenters. The molecule has 3 saturated heterocycles. The standard InChI is InChI=1S/C20H37N3O/c1-17(2)22-13-11-21(12-14-22)9-5-10-23-16-20(7-4-8-20)19(23)18-6-3-15-24-18/h17-19H,3-16H2,1-2H3/t18-,19-/m1/s1. The number of rotatable bonds is 6. The number of likely N-dealkylation sites (tertiary alicyclic amines) is 1. The molecule has 4 fully saturated rings. The summed E-state index contributed by atoms with van der Waals surface area (Å²) in [6.45, 7) is 14.6. The molecule has 0 bridgehead atoms. The van der Waals surface area contributed by atoms with E-state index in [1.165, 1.54) is 84.3 Å². The summed E-state index contributed by atoms with van der Waals surface area (Å²) in [6, 6.07) is 1.46. The zero-order valence-electron chi connectivity index (χ0n) is 15.9. The molecule has 1 spiro atoms. The number of hydrogen-bond acceptors (Lipinski definition) is 4. The van der Waals surface area contributed by atoms with Crippen molar-refractivity contribution in [3.63, 3.8) is 0 Å². The van der Waals surface area contributed by atoms with Crippen molar-refractivity contribution >= 4 is 0 Å². The third kappa shape index (κ3) is 3.27. The van der Waals surface area contributed by atoms with Crippen LogP contribution in [-0.4, -0.2) is 85.3 Å². The highest BCUT2D eigenvalue weighted by Crippen LogP contribution is 2.55. The van der Waals surface area contributed by atoms with Crippen LogP contribution < -0.4 is 0 Å². The monoisotopic (exact) mass is 335 g/mol. The van der Waals surface area contributed by atoms with Crippen molar-refractivity contribution in [1.82, 2.24) is 14.7 Å². The SMILES string of the molecule is CC(C)N1CCN(CCCN2CC3(CCC3)[C@H]2[C@H]2CCCO2)CC1. The maximum Gasteiger partial charge on any atom is 0.0736 e. The maximum atomic E-state index is 6.09. The minimum Gasteiger partial charge on any atom is -0.377 e. The van der Waals surface area contributed by atoms with Crippen molar-refractivity contribution < 1.29 is 4.74 Å². The van der Waals surface area contributed by atoms with E-state index in [0.717, 1.165) is 12.6 Å². The Morgan fingerprint density at radius 1 is 1.04 bits per heavy atom. The normalized spacial score (nSPS) is 34.6. The highest BCUT2D eigenvalue weighted by atomic mass is 16.5. The molecule has 0 aromatic carbocycles. The van der Waals surface area contributed by atoms with E-state index in [9.17, 15) is 0 Å². The third-order valence-electron chi connectivity index (χ3n) is 7.26. The lowest BCUT2D eigenvalue weighted by molar-refractivity contribution is -0.172. The molecule has 2 atom stereocenters. The van der Waals surface area contributed by atoms with Crippen molar-refractivity contribution in [2.45, 2.75) is 70.6 Å². The van der Waals surface area contributed by atoms with Gasteiger partial charge in [-0.15, -0.1) is 0 Å². The van der Waals surface area contributed by atoms with Crippen LogP contribution in [0.15, 0.2) is 0 Å². The van der Waals surface area contributed by atoms with E-state index in [2.05, 4.69) is 28.5 Å². The summed E-state index contributed by atoms with van der Waals surface area (Å²) in [6.07, 6.45) is 8.86. The molecule has 0 amide bonds. The molecular formula is C20H37N3O. The third-order valence-corrected chi connectivity index (χ3v) is 7.26. The van der Waals surface area contributed by atoms with E-state index in [-0.39, 0.29) is 0 Å². The Kier molecular flexibility index (Phi) is 5.19. The van der Waals surface area contributed by atoms with Crippen LogP contribution >= 0.6 is 0 Å². The first-order chi connectivity index (χ1) is 11.7. The first-order valence-electron chi connectivity index (χ1n) is 10.5. The largest absolute Gasteiger partial charge is 0.377 e. The Labute approximate surface area is 148 Å². The molecule has 0 aromatic rings. The van der Waals surface area contributed by atoms with Gasteiger partial charge in [-0.05, 0) is 59.0 Å². The zero-order chi connectivity index (χ0) is 16.6. The Balaban J connectivity index is 1.20. The van der Waals surface area contributed by atoms with Crippen molar-refractivity contribution in [3.05, 3.63) is 0 Å². The van der Waals surface area contributed by atoms with Gasteiger partial charge < -0.3 is 9.64 Å². The highest BCUT2D eigenvalue weighted by Gasteiger charge is 2.58. The van der Waals surface area contributed by atoms with Gasteiger partial charge in [0.2, 0.25) is 0 Å². The summed E-state index contributed by atoms with van der Waals surface area (Å²) in [4.78, 5) is 8.07. The van der Waals surface area contributed by atoms with Crippen LogP contribution in [0.1, 0.15) is 52.4 Å². The fraction of sp³-hybridized carbons (Fsp3) is 1.00. The number of piperazine rings is 1. The number of ether oxygens (including phenoxy) is 1. The molecule has 138 valence electrons. The van der Waals surface area contributed by atoms with Gasteiger partial charge in [0.1, 0.15) is 0 Å². The molecule has 0 N–H and O–H groups in total. The second kappa shape index (κ2) is 7.22. The lowest BCUT2D eigenvalue weighted by Gasteiger charge is -2.64. The molecule has 3 heterocycles. The maximum absolute atomic E-state index is 6.09. The van der Waals surface area contributed by atoms with Gasteiger partial charge >= 0.3 is 0 Å². The van der Waals surface area contributed by atoms with Crippen LogP contribution in [0.25, 0.3) is 0 Å². The molecule has 1 aliphatic carbocycles. The average Bonchev–Trinajstić information content (AvgIpc) is 3.02. The van der Waals surface area contributed by atoms with Crippen molar-refractivity contribution in [2.75, 3.05) is 52.4 Å². The van der Waals surface area contributed by atoms with E-state index in [1.54, 1.807) is 0 Å². The first-order valence-corrected chi connectivity index (χ1v) is 10.5. The van der Waals surface area contributed by atoms with Crippen LogP contribution in [-0.2, 0) is 4.74 Å². The molecule has 1 saturated carbocycles. The summed E-state index contributed by atoms with van der Waals surface area (Å²) in [7, 11) is 0. The predicted molar refractivity (Wildman–Crippen MR) is 98.4 cm³/mol. The first kappa shape index (κ1) is 17.3. The topological polar surface area (TPSA) is 19.0 Å². The fourth-order valence-corrected chi connectivity index (χ4v) is 5.66. The second-order valence-corrected chi connectivity index (χ2v) is 9.01. The van der Waals surface area contributed by atoms with Gasteiger partial charge in [0.05, 0.1) is 6.10 Å². The molecule has 4 aliphatic rings. The van der Waals surface area contributed by atoms with E-state index in [1.807, 2.05) is 0 Å². The van der Waals surface area contributed by atoms with Gasteiger partial charge in [-0.25, -0.2) is 0 Å². The van der Waals surface area contributed by atoms with Crippen LogP contribution in [0, 0.1) is 5.41 Å². The Morgan fingerprint density at radius 3 is 2.42 bits per heavy atom. The highest BCUT2D eigenvalue weighted by molar-refractivity contribution is 5.11. The minimum atomic E-state index is 0.550. The Morgan fingerprint density at radius 2 is 1.83 bits per heavy atom. The van der Waals surface area contributed by atoms with Gasteiger partial charge in [0.15, 0.2) is 0 Å². The summed E-state index contributed by atoms with van der Waals surface area (Å²) in [5, 5.41) is 0. The summed E-state index contributed by atoms with van der Waals surface area (Å²) >= 11 is 0. The van der Waals surface area contributed by atoms with E-state index in [0.29, 0.717) is 17.6 Å². The Hall–Kier alpha value is -0.160. The molecule has 3 aliphatic heterocycles. The van der Waals surface area contributed by atoms with Crippen LogP contribution in [0.5, 0.6) is 0 Å². The second-order valence-electron chi connectivity index (χ2n) is 9.01. The molecule has 4 nitrogen and oxygen atoms in total. The van der Waals surface area contributed by atoms with Crippen molar-refractivity contribution in [2.24, 2.45) is 5.41 Å². The van der Waals surface area contributed by atoms with E-state index >= 15 is 0 Å². The van der Waals surface area contributed by atoms with Gasteiger partial charge in [-0.3, -0.25) is 9.80 Å². The molecule has 4 heteroatoms. The molecule has 0 aromatic heterocycles. The minimum absolute atomic E-state index is 0.550.